The van der Waals surface area contributed by atoms with Gasteiger partial charge in [-0.2, -0.15) is 4.57 Å². The number of aromatic nitrogens is 1. The Kier molecular flexibility index (Phi) is 8.29. The third-order valence-corrected chi connectivity index (χ3v) is 5.75. The van der Waals surface area contributed by atoms with Crippen molar-refractivity contribution in [2.45, 2.75) is 11.4 Å². The van der Waals surface area contributed by atoms with Crippen molar-refractivity contribution in [2.24, 2.45) is 5.14 Å². The van der Waals surface area contributed by atoms with Crippen LogP contribution in [0, 0.1) is 10.8 Å². The molecule has 0 bridgehead atoms. The van der Waals surface area contributed by atoms with Crippen LogP contribution in [-0.2, 0) is 16.6 Å². The summed E-state index contributed by atoms with van der Waals surface area (Å²) in [6, 6.07) is 33.4. The zero-order chi connectivity index (χ0) is 23.8. The van der Waals surface area contributed by atoms with Gasteiger partial charge in [-0.05, 0) is 42.5 Å². The molecule has 0 spiro atoms. The molecule has 4 aromatic rings. The van der Waals surface area contributed by atoms with Crippen LogP contribution in [0.25, 0.3) is 22.5 Å². The largest absolute Gasteiger partial charge is 0.357 e. The number of halogens is 1. The number of hydrogen-bond donors (Lipinski definition) is 1. The van der Waals surface area contributed by atoms with E-state index in [2.05, 4.69) is 47.0 Å². The van der Waals surface area contributed by atoms with Crippen LogP contribution >= 0.6 is 0 Å². The molecule has 7 nitrogen and oxygen atoms in total. The maximum Gasteiger partial charge on any atom is 0.238 e. The zero-order valence-electron chi connectivity index (χ0n) is 17.4. The molecule has 1 aromatic heterocycles. The summed E-state index contributed by atoms with van der Waals surface area (Å²) in [6.45, 7) is 0.597. The molecule has 0 aliphatic carbocycles. The molecule has 4 rings (SSSR count). The Morgan fingerprint density at radius 2 is 1.09 bits per heavy atom. The van der Waals surface area contributed by atoms with Crippen LogP contribution in [0.5, 0.6) is 0 Å². The van der Waals surface area contributed by atoms with Crippen LogP contribution in [0.15, 0.2) is 108 Å². The maximum absolute atomic E-state index is 11.6. The van der Waals surface area contributed by atoms with E-state index in [1.807, 2.05) is 48.5 Å². The smallest absolute Gasteiger partial charge is 0.238 e. The molecular formula is C24H21ClN2O5S. The van der Waals surface area contributed by atoms with Crippen LogP contribution in [0.2, 0.25) is 0 Å². The standard InChI is InChI=1S/C24H21N2O2S.ClO3/c25-29(27,28)22-16-14-19(15-17-22)18-26-23(20-8-3-1-4-9-20)12-7-13-24(26)21-10-5-2-6-11-21;2-1(3)4/h1-17H,18H2,(H2,25,27,28);/q+1;-1. The van der Waals surface area contributed by atoms with Crippen molar-refractivity contribution < 1.29 is 37.7 Å². The van der Waals surface area contributed by atoms with Crippen molar-refractivity contribution >= 4 is 10.0 Å². The van der Waals surface area contributed by atoms with E-state index in [9.17, 15) is 8.42 Å². The second-order valence-corrected chi connectivity index (χ2v) is 8.93. The highest BCUT2D eigenvalue weighted by molar-refractivity contribution is 7.89. The Bertz CT molecular complexity index is 1220. The van der Waals surface area contributed by atoms with Crippen molar-refractivity contribution in [2.75, 3.05) is 0 Å². The van der Waals surface area contributed by atoms with Gasteiger partial charge in [-0.3, -0.25) is 0 Å². The molecule has 2 N–H and O–H groups in total. The summed E-state index contributed by atoms with van der Waals surface area (Å²) in [6.07, 6.45) is 0. The lowest BCUT2D eigenvalue weighted by Gasteiger charge is -2.10. The first-order valence-corrected chi connectivity index (χ1v) is 12.2. The van der Waals surface area contributed by atoms with Crippen LogP contribution < -0.4 is 23.7 Å². The molecule has 0 radical (unpaired) electrons. The lowest BCUT2D eigenvalue weighted by Crippen LogP contribution is -2.42. The zero-order valence-corrected chi connectivity index (χ0v) is 18.9. The molecule has 170 valence electrons. The van der Waals surface area contributed by atoms with Gasteiger partial charge in [-0.15, -0.1) is 0 Å². The number of benzene rings is 3. The highest BCUT2D eigenvalue weighted by atomic mass is 35.6. The Morgan fingerprint density at radius 3 is 1.48 bits per heavy atom. The average molecular weight is 485 g/mol. The van der Waals surface area contributed by atoms with E-state index in [0.717, 1.165) is 28.1 Å². The topological polar surface area (TPSA) is 133 Å². The van der Waals surface area contributed by atoms with Crippen molar-refractivity contribution in [3.05, 3.63) is 109 Å². The van der Waals surface area contributed by atoms with Crippen molar-refractivity contribution in [3.63, 3.8) is 0 Å². The third-order valence-electron chi connectivity index (χ3n) is 4.82. The molecule has 0 unspecified atom stereocenters. The molecule has 0 saturated carbocycles. The van der Waals surface area contributed by atoms with Crippen LogP contribution in [-0.4, -0.2) is 8.42 Å². The van der Waals surface area contributed by atoms with Gasteiger partial charge in [0.2, 0.25) is 21.4 Å². The highest BCUT2D eigenvalue weighted by Crippen LogP contribution is 2.22. The molecule has 0 aliphatic heterocycles. The minimum Gasteiger partial charge on any atom is -0.357 e. The summed E-state index contributed by atoms with van der Waals surface area (Å²) >= 11 is 0. The molecule has 1 heterocycles. The minimum absolute atomic E-state index is 0.117. The molecule has 0 saturated heterocycles. The third kappa shape index (κ3) is 6.93. The average Bonchev–Trinajstić information content (AvgIpc) is 2.80. The molecular weight excluding hydrogens is 464 g/mol. The van der Waals surface area contributed by atoms with Gasteiger partial charge in [0, 0.05) is 28.8 Å². The first kappa shape index (κ1) is 24.5. The lowest BCUT2D eigenvalue weighted by atomic mass is 10.1. The van der Waals surface area contributed by atoms with Gasteiger partial charge in [0.1, 0.15) is 0 Å². The number of nitrogens with two attached hydrogens (primary N) is 1. The van der Waals surface area contributed by atoms with Gasteiger partial charge >= 0.3 is 0 Å². The van der Waals surface area contributed by atoms with E-state index in [-0.39, 0.29) is 4.90 Å². The van der Waals surface area contributed by atoms with E-state index >= 15 is 0 Å². The Labute approximate surface area is 195 Å². The predicted molar refractivity (Wildman–Crippen MR) is 114 cm³/mol. The number of pyridine rings is 1. The summed E-state index contributed by atoms with van der Waals surface area (Å²) in [5.41, 5.74) is 5.39. The number of sulfonamides is 1. The molecule has 0 fully saturated rings. The quantitative estimate of drug-likeness (QED) is 0.410. The van der Waals surface area contributed by atoms with E-state index in [4.69, 9.17) is 19.1 Å². The molecule has 33 heavy (non-hydrogen) atoms. The SMILES string of the molecule is NS(=O)(=O)c1ccc(C[n+]2c(-c3ccccc3)cccc2-c2ccccc2)cc1.[O-][Cl+2]([O-])[O-]. The van der Waals surface area contributed by atoms with Crippen LogP contribution in [0.4, 0.5) is 0 Å². The lowest BCUT2D eigenvalue weighted by molar-refractivity contribution is -1.73. The maximum atomic E-state index is 11.6. The van der Waals surface area contributed by atoms with Gasteiger partial charge in [0.25, 0.3) is 0 Å². The number of rotatable bonds is 5. The predicted octanol–water partition coefficient (Wildman–Crippen LogP) is 0.437. The first-order valence-electron chi connectivity index (χ1n) is 9.74. The molecule has 3 aromatic carbocycles. The molecule has 0 amide bonds. The second kappa shape index (κ2) is 11.2. The summed E-state index contributed by atoms with van der Waals surface area (Å²) in [4.78, 5) is 0.117. The van der Waals surface area contributed by atoms with Crippen molar-refractivity contribution in [1.29, 1.82) is 0 Å². The van der Waals surface area contributed by atoms with Gasteiger partial charge in [0.05, 0.1) is 15.7 Å². The fourth-order valence-corrected chi connectivity index (χ4v) is 3.91. The first-order chi connectivity index (χ1) is 15.8. The molecule has 0 aliphatic rings. The number of hydrogen-bond acceptors (Lipinski definition) is 5. The minimum atomic E-state index is -3.70. The number of nitrogens with zero attached hydrogens (tertiary/aromatic N) is 1. The second-order valence-electron chi connectivity index (χ2n) is 6.99. The van der Waals surface area contributed by atoms with E-state index in [0.29, 0.717) is 6.54 Å². The van der Waals surface area contributed by atoms with Crippen molar-refractivity contribution in [1.82, 2.24) is 0 Å². The Hall–Kier alpha value is -3.11. The fraction of sp³-hybridized carbons (Fsp3) is 0.0417. The summed E-state index contributed by atoms with van der Waals surface area (Å²) < 4.78 is 50.6. The van der Waals surface area contributed by atoms with E-state index in [1.165, 1.54) is 0 Å². The van der Waals surface area contributed by atoms with Crippen LogP contribution in [0.1, 0.15) is 5.56 Å². The van der Waals surface area contributed by atoms with Crippen molar-refractivity contribution in [3.8, 4) is 22.5 Å². The van der Waals surface area contributed by atoms with Crippen LogP contribution in [0.3, 0.4) is 0 Å². The number of primary sulfonamides is 1. The van der Waals surface area contributed by atoms with Gasteiger partial charge in [-0.25, -0.2) is 13.6 Å². The summed E-state index contributed by atoms with van der Waals surface area (Å²) in [5, 5.41) is 5.23. The summed E-state index contributed by atoms with van der Waals surface area (Å²) in [5.74, 6) is 0. The molecule has 0 atom stereocenters. The monoisotopic (exact) mass is 484 g/mol. The Morgan fingerprint density at radius 1 is 0.667 bits per heavy atom. The Balaban J connectivity index is 0.000000709. The normalized spacial score (nSPS) is 11.1. The van der Waals surface area contributed by atoms with E-state index < -0.39 is 20.8 Å². The molecule has 9 heteroatoms. The fourth-order valence-electron chi connectivity index (χ4n) is 3.40. The van der Waals surface area contributed by atoms with Gasteiger partial charge in [-0.1, -0.05) is 48.5 Å². The van der Waals surface area contributed by atoms with E-state index in [1.54, 1.807) is 12.1 Å². The summed E-state index contributed by atoms with van der Waals surface area (Å²) in [7, 11) is -6.55. The van der Waals surface area contributed by atoms with Gasteiger partial charge < -0.3 is 14.0 Å². The highest BCUT2D eigenvalue weighted by Gasteiger charge is 2.20. The van der Waals surface area contributed by atoms with Gasteiger partial charge in [0.15, 0.2) is 6.54 Å².